The van der Waals surface area contributed by atoms with Gasteiger partial charge in [-0.25, -0.2) is 0 Å². The van der Waals surface area contributed by atoms with Gasteiger partial charge in [0.2, 0.25) is 0 Å². The number of methoxy groups -OCH3 is 2. The highest BCUT2D eigenvalue weighted by Gasteiger charge is 2.27. The van der Waals surface area contributed by atoms with E-state index in [1.54, 1.807) is 33.3 Å². The zero-order valence-corrected chi connectivity index (χ0v) is 35.7. The summed E-state index contributed by atoms with van der Waals surface area (Å²) in [5.74, 6) is -1.62. The number of carbonyl (C=O) groups is 4. The minimum absolute atomic E-state index is 0.0354. The van der Waals surface area contributed by atoms with Gasteiger partial charge < -0.3 is 39.1 Å². The van der Waals surface area contributed by atoms with Crippen LogP contribution in [0.25, 0.3) is 0 Å². The summed E-state index contributed by atoms with van der Waals surface area (Å²) < 4.78 is 16.9. The van der Waals surface area contributed by atoms with Crippen molar-refractivity contribution in [2.45, 2.75) is 145 Å². The van der Waals surface area contributed by atoms with E-state index in [2.05, 4.69) is 39.6 Å². The Balaban J connectivity index is -0.00000232. The van der Waals surface area contributed by atoms with E-state index < -0.39 is 36.1 Å². The maximum atomic E-state index is 13.3. The molecule has 4 N–H and O–H groups in total. The predicted octanol–water partition coefficient (Wildman–Crippen LogP) is 6.82. The summed E-state index contributed by atoms with van der Waals surface area (Å²) in [7, 11) is 3.37. The number of aliphatic hydroxyl groups excluding tert-OH is 3. The number of hydrogen-bond donors (Lipinski definition) is 4. The minimum Gasteiger partial charge on any atom is -0.465 e. The van der Waals surface area contributed by atoms with Crippen molar-refractivity contribution < 1.29 is 48.7 Å². The van der Waals surface area contributed by atoms with E-state index in [9.17, 15) is 29.7 Å². The van der Waals surface area contributed by atoms with Crippen LogP contribution in [0.4, 0.5) is 0 Å². The molecular weight excluding hydrogens is 690 g/mol. The summed E-state index contributed by atoms with van der Waals surface area (Å²) in [6.45, 7) is 24.1. The van der Waals surface area contributed by atoms with Crippen molar-refractivity contribution in [3.63, 3.8) is 0 Å². The van der Waals surface area contributed by atoms with E-state index in [-0.39, 0.29) is 49.5 Å². The van der Waals surface area contributed by atoms with Crippen molar-refractivity contribution in [3.8, 4) is 0 Å². The van der Waals surface area contributed by atoms with Crippen molar-refractivity contribution in [1.29, 1.82) is 0 Å². The van der Waals surface area contributed by atoms with Gasteiger partial charge in [-0.15, -0.1) is 6.58 Å². The van der Waals surface area contributed by atoms with E-state index in [0.717, 1.165) is 24.3 Å². The van der Waals surface area contributed by atoms with Crippen LogP contribution in [0.5, 0.6) is 0 Å². The Kier molecular flexibility index (Phi) is 36.1. The fourth-order valence-electron chi connectivity index (χ4n) is 5.69. The number of aldehydes is 1. The first kappa shape index (κ1) is 55.8. The molecule has 1 rings (SSSR count). The van der Waals surface area contributed by atoms with E-state index in [1.807, 2.05) is 40.6 Å². The highest BCUT2D eigenvalue weighted by Crippen LogP contribution is 2.26. The molecule has 0 saturated carbocycles. The molecule has 0 amide bonds. The molecular formula is C43H79NO10. The Morgan fingerprint density at radius 1 is 0.963 bits per heavy atom. The molecule has 11 nitrogen and oxygen atoms in total. The fourth-order valence-corrected chi connectivity index (χ4v) is 5.69. The lowest BCUT2D eigenvalue weighted by molar-refractivity contribution is -0.152. The summed E-state index contributed by atoms with van der Waals surface area (Å²) in [6, 6.07) is 0. The van der Waals surface area contributed by atoms with Crippen molar-refractivity contribution in [2.24, 2.45) is 35.5 Å². The number of carbonyl (C=O) groups excluding carboxylic acids is 4. The molecule has 1 heterocycles. The Hall–Kier alpha value is -2.54. The number of Topliss-reactive ketones (excluding diaryl/α,β-unsaturated/α-hetero) is 1. The SMILES string of the molecule is C=C(C)C.C=O.CC(C)C.COC1CC(C)C/C(C)=C/[C@@H](C/C=C/CO)C(=O)CC(O)C(C)COC(=O)C(C=O)CCCCNC(O)C(C)CC(OC)C1. The van der Waals surface area contributed by atoms with Gasteiger partial charge in [-0.05, 0) is 90.0 Å². The lowest BCUT2D eigenvalue weighted by atomic mass is 9.87. The van der Waals surface area contributed by atoms with Gasteiger partial charge in [-0.2, -0.15) is 0 Å². The number of cyclic esters (lactones) is 1. The zero-order chi connectivity index (χ0) is 42.2. The average Bonchev–Trinajstić information content (AvgIpc) is 3.10. The van der Waals surface area contributed by atoms with Gasteiger partial charge in [0.15, 0.2) is 0 Å². The second kappa shape index (κ2) is 34.9. The first-order chi connectivity index (χ1) is 25.4. The molecule has 11 heteroatoms. The fraction of sp³-hybridized carbons (Fsp3) is 0.767. The van der Waals surface area contributed by atoms with Crippen molar-refractivity contribution in [1.82, 2.24) is 5.32 Å². The summed E-state index contributed by atoms with van der Waals surface area (Å²) in [5.41, 5.74) is 2.22. The molecule has 54 heavy (non-hydrogen) atoms. The first-order valence-corrected chi connectivity index (χ1v) is 19.6. The molecule has 0 aromatic carbocycles. The third kappa shape index (κ3) is 30.7. The van der Waals surface area contributed by atoms with E-state index >= 15 is 0 Å². The highest BCUT2D eigenvalue weighted by molar-refractivity contribution is 5.87. The van der Waals surface area contributed by atoms with Gasteiger partial charge in [0.05, 0.1) is 31.5 Å². The summed E-state index contributed by atoms with van der Waals surface area (Å²) in [5, 5.41) is 33.8. The number of hydrogen-bond acceptors (Lipinski definition) is 11. The van der Waals surface area contributed by atoms with Crippen LogP contribution < -0.4 is 5.32 Å². The second-order valence-corrected chi connectivity index (χ2v) is 15.6. The van der Waals surface area contributed by atoms with Crippen LogP contribution >= 0.6 is 0 Å². The number of nitrogens with one attached hydrogen (secondary N) is 1. The molecule has 0 fully saturated rings. The van der Waals surface area contributed by atoms with Crippen LogP contribution in [-0.4, -0.2) is 98.7 Å². The Labute approximate surface area is 328 Å². The molecule has 316 valence electrons. The zero-order valence-electron chi connectivity index (χ0n) is 35.7. The number of ketones is 1. The van der Waals surface area contributed by atoms with Crippen molar-refractivity contribution in [3.05, 3.63) is 36.0 Å². The Morgan fingerprint density at radius 3 is 2.04 bits per heavy atom. The monoisotopic (exact) mass is 770 g/mol. The molecule has 8 unspecified atom stereocenters. The molecule has 9 atom stereocenters. The van der Waals surface area contributed by atoms with Gasteiger partial charge in [-0.1, -0.05) is 77.3 Å². The number of esters is 1. The third-order valence-electron chi connectivity index (χ3n) is 8.58. The summed E-state index contributed by atoms with van der Waals surface area (Å²) in [6.07, 6.45) is 8.78. The van der Waals surface area contributed by atoms with Crippen molar-refractivity contribution >= 4 is 24.8 Å². The molecule has 0 aromatic heterocycles. The van der Waals surface area contributed by atoms with Gasteiger partial charge in [0, 0.05) is 32.5 Å². The number of rotatable bonds is 6. The van der Waals surface area contributed by atoms with Crippen LogP contribution in [0.15, 0.2) is 36.0 Å². The van der Waals surface area contributed by atoms with Crippen LogP contribution in [0.2, 0.25) is 0 Å². The molecule has 0 spiro atoms. The highest BCUT2D eigenvalue weighted by atomic mass is 16.5. The van der Waals surface area contributed by atoms with Crippen LogP contribution in [-0.2, 0) is 33.4 Å². The number of ether oxygens (including phenoxy) is 3. The number of aliphatic hydroxyl groups is 3. The Bertz CT molecular complexity index is 1040. The molecule has 0 radical (unpaired) electrons. The average molecular weight is 770 g/mol. The lowest BCUT2D eigenvalue weighted by Crippen LogP contribution is -2.38. The van der Waals surface area contributed by atoms with Gasteiger partial charge >= 0.3 is 5.97 Å². The predicted molar refractivity (Wildman–Crippen MR) is 218 cm³/mol. The van der Waals surface area contributed by atoms with Gasteiger partial charge in [0.1, 0.15) is 31.0 Å². The van der Waals surface area contributed by atoms with E-state index in [4.69, 9.17) is 19.0 Å². The minimum atomic E-state index is -1.02. The summed E-state index contributed by atoms with van der Waals surface area (Å²) in [4.78, 5) is 45.4. The quantitative estimate of drug-likeness (QED) is 0.0969. The van der Waals surface area contributed by atoms with Crippen molar-refractivity contribution in [2.75, 3.05) is 34.0 Å². The number of allylic oxidation sites excluding steroid dienone is 4. The first-order valence-electron chi connectivity index (χ1n) is 19.6. The molecule has 0 aliphatic carbocycles. The second-order valence-electron chi connectivity index (χ2n) is 15.6. The third-order valence-corrected chi connectivity index (χ3v) is 8.58. The smallest absolute Gasteiger partial charge is 0.316 e. The van der Waals surface area contributed by atoms with E-state index in [0.29, 0.717) is 51.4 Å². The molecule has 0 saturated heterocycles. The van der Waals surface area contributed by atoms with E-state index in [1.165, 1.54) is 5.57 Å². The standard InChI is InChI=1S/C34H59NO9.C4H10.C4H8.CH2O/c1-23-15-24(2)17-29(42-5)19-30(43-6)18-25(3)33(40)35-13-9-7-12-28(21-37)34(41)44-22-26(4)31(38)20-32(39)27(16-23)11-8-10-14-36;2*1-4(2)3;1-2/h8,10,16,21,24-31,33,35-36,38,40H,7,9,11-15,17-20,22H2,1-6H3;4H,1-3H3;1H2,2-3H3;1H2/b10-8+,23-16+;;;/t24?,25?,26?,27-,28?,29?,30?,31?,33?;;;/m1.../s1. The maximum absolute atomic E-state index is 13.3. The normalized spacial score (nSPS) is 29.9. The van der Waals surface area contributed by atoms with Crippen LogP contribution in [0.1, 0.15) is 120 Å². The molecule has 0 bridgehead atoms. The van der Waals surface area contributed by atoms with Crippen LogP contribution in [0, 0.1) is 35.5 Å². The lowest BCUT2D eigenvalue weighted by Gasteiger charge is -2.28. The molecule has 1 aliphatic rings. The summed E-state index contributed by atoms with van der Waals surface area (Å²) >= 11 is 0. The topological polar surface area (TPSA) is 169 Å². The molecule has 0 aromatic rings. The molecule has 1 aliphatic heterocycles. The van der Waals surface area contributed by atoms with Gasteiger partial charge in [0.25, 0.3) is 0 Å². The maximum Gasteiger partial charge on any atom is 0.316 e. The van der Waals surface area contributed by atoms with Crippen LogP contribution in [0.3, 0.4) is 0 Å². The largest absolute Gasteiger partial charge is 0.465 e. The Morgan fingerprint density at radius 2 is 1.52 bits per heavy atom. The van der Waals surface area contributed by atoms with Gasteiger partial charge in [-0.3, -0.25) is 14.9 Å².